The summed E-state index contributed by atoms with van der Waals surface area (Å²) in [6, 6.07) is 9.25. The van der Waals surface area contributed by atoms with Crippen molar-refractivity contribution >= 4 is 38.5 Å². The summed E-state index contributed by atoms with van der Waals surface area (Å²) in [5.74, 6) is -0.0219. The maximum Gasteiger partial charge on any atom is 0.573 e. The summed E-state index contributed by atoms with van der Waals surface area (Å²) in [5.41, 5.74) is 1.30. The van der Waals surface area contributed by atoms with Gasteiger partial charge in [0, 0.05) is 31.4 Å². The molecule has 38 heavy (non-hydrogen) atoms. The minimum atomic E-state index is -4.81. The lowest BCUT2D eigenvalue weighted by molar-refractivity contribution is -0.274. The molecule has 0 bridgehead atoms. The molecule has 0 saturated carbocycles. The zero-order valence-electron chi connectivity index (χ0n) is 20.2. The van der Waals surface area contributed by atoms with Crippen molar-refractivity contribution in [1.29, 1.82) is 0 Å². The number of fused-ring (bicyclic) bond motifs is 1. The predicted octanol–water partition coefficient (Wildman–Crippen LogP) is 4.67. The Labute approximate surface area is 219 Å². The normalized spacial score (nSPS) is 19.7. The van der Waals surface area contributed by atoms with Gasteiger partial charge in [0.2, 0.25) is 11.8 Å². The number of ether oxygens (including phenoxy) is 4. The third-order valence-electron chi connectivity index (χ3n) is 6.19. The zero-order valence-corrected chi connectivity index (χ0v) is 21.1. The summed E-state index contributed by atoms with van der Waals surface area (Å²) in [6.45, 7) is 0.810. The molecular weight excluding hydrogens is 527 g/mol. The molecule has 3 heterocycles. The lowest BCUT2D eigenvalue weighted by Gasteiger charge is -2.19. The molecule has 2 amide bonds. The van der Waals surface area contributed by atoms with Crippen molar-refractivity contribution < 1.29 is 41.7 Å². The van der Waals surface area contributed by atoms with E-state index in [1.807, 2.05) is 12.1 Å². The maximum absolute atomic E-state index is 12.7. The molecule has 2 saturated heterocycles. The molecule has 0 spiro atoms. The first-order valence-electron chi connectivity index (χ1n) is 11.9. The fourth-order valence-electron chi connectivity index (χ4n) is 4.46. The molecule has 5 rings (SSSR count). The number of hydrogen-bond donors (Lipinski definition) is 1. The molecular formula is C25H24F3N3O6S. The van der Waals surface area contributed by atoms with Gasteiger partial charge in [0.25, 0.3) is 0 Å². The number of amides is 2. The fraction of sp³-hybridized carbons (Fsp3) is 0.400. The number of thiazole rings is 1. The minimum absolute atomic E-state index is 0.137. The van der Waals surface area contributed by atoms with Gasteiger partial charge in [-0.3, -0.25) is 9.59 Å². The first-order chi connectivity index (χ1) is 18.2. The number of methoxy groups -OCH3 is 1. The van der Waals surface area contributed by atoms with Gasteiger partial charge in [-0.25, -0.2) is 4.98 Å². The molecule has 1 N–H and O–H groups in total. The highest BCUT2D eigenvalue weighted by Crippen LogP contribution is 2.36. The summed E-state index contributed by atoms with van der Waals surface area (Å²) in [4.78, 5) is 31.0. The van der Waals surface area contributed by atoms with Gasteiger partial charge >= 0.3 is 6.36 Å². The van der Waals surface area contributed by atoms with E-state index in [1.54, 1.807) is 13.2 Å². The number of anilines is 1. The molecule has 1 unspecified atom stereocenters. The van der Waals surface area contributed by atoms with E-state index >= 15 is 0 Å². The number of nitrogens with zero attached hydrogens (tertiary/aromatic N) is 2. The van der Waals surface area contributed by atoms with E-state index in [9.17, 15) is 22.8 Å². The minimum Gasteiger partial charge on any atom is -0.493 e. The molecule has 2 aliphatic heterocycles. The van der Waals surface area contributed by atoms with Crippen LogP contribution in [0.3, 0.4) is 0 Å². The van der Waals surface area contributed by atoms with Crippen molar-refractivity contribution in [2.24, 2.45) is 0 Å². The molecule has 2 aromatic carbocycles. The van der Waals surface area contributed by atoms with Crippen molar-refractivity contribution in [2.75, 3.05) is 32.1 Å². The number of rotatable bonds is 8. The number of aromatic nitrogens is 1. The lowest BCUT2D eigenvalue weighted by Crippen LogP contribution is -2.34. The van der Waals surface area contributed by atoms with Gasteiger partial charge in [0.05, 0.1) is 30.5 Å². The topological polar surface area (TPSA) is 99.2 Å². The Hall–Kier alpha value is -3.58. The summed E-state index contributed by atoms with van der Waals surface area (Å²) >= 11 is 1.01. The quantitative estimate of drug-likeness (QED) is 0.434. The van der Waals surface area contributed by atoms with Crippen LogP contribution in [-0.4, -0.2) is 61.2 Å². The Kier molecular flexibility index (Phi) is 7.30. The van der Waals surface area contributed by atoms with Gasteiger partial charge in [-0.15, -0.1) is 13.2 Å². The first-order valence-corrected chi connectivity index (χ1v) is 12.7. The summed E-state index contributed by atoms with van der Waals surface area (Å²) in [6.07, 6.45) is -3.20. The highest BCUT2D eigenvalue weighted by Gasteiger charge is 2.33. The Bertz CT molecular complexity index is 1340. The zero-order chi connectivity index (χ0) is 26.9. The molecule has 2 fully saturated rings. The highest BCUT2D eigenvalue weighted by atomic mass is 32.1. The second kappa shape index (κ2) is 10.7. The summed E-state index contributed by atoms with van der Waals surface area (Å²) in [5, 5.41) is 2.84. The molecule has 0 aliphatic carbocycles. The largest absolute Gasteiger partial charge is 0.573 e. The van der Waals surface area contributed by atoms with E-state index in [4.69, 9.17) is 14.2 Å². The number of hydrogen-bond acceptors (Lipinski definition) is 8. The van der Waals surface area contributed by atoms with Crippen LogP contribution >= 0.6 is 11.3 Å². The van der Waals surface area contributed by atoms with Crippen molar-refractivity contribution in [2.45, 2.75) is 37.8 Å². The second-order valence-electron chi connectivity index (χ2n) is 8.89. The van der Waals surface area contributed by atoms with Gasteiger partial charge in [-0.1, -0.05) is 17.4 Å². The fourth-order valence-corrected chi connectivity index (χ4v) is 5.37. The Morgan fingerprint density at radius 1 is 1.24 bits per heavy atom. The van der Waals surface area contributed by atoms with Crippen molar-refractivity contribution in [3.8, 4) is 17.2 Å². The number of halogens is 3. The third-order valence-corrected chi connectivity index (χ3v) is 7.13. The van der Waals surface area contributed by atoms with E-state index < -0.39 is 12.3 Å². The van der Waals surface area contributed by atoms with E-state index in [0.717, 1.165) is 35.8 Å². The predicted molar refractivity (Wildman–Crippen MR) is 131 cm³/mol. The molecule has 1 aromatic heterocycles. The lowest BCUT2D eigenvalue weighted by atomic mass is 9.98. The van der Waals surface area contributed by atoms with Crippen LogP contribution in [0, 0.1) is 0 Å². The van der Waals surface area contributed by atoms with Gasteiger partial charge in [0.15, 0.2) is 22.9 Å². The molecule has 0 radical (unpaired) electrons. The van der Waals surface area contributed by atoms with Crippen LogP contribution in [-0.2, 0) is 14.3 Å². The summed E-state index contributed by atoms with van der Waals surface area (Å²) in [7, 11) is 1.55. The van der Waals surface area contributed by atoms with E-state index in [1.165, 1.54) is 17.0 Å². The first kappa shape index (κ1) is 26.0. The number of carbonyl (C=O) groups excluding carboxylic acids is 2. The Morgan fingerprint density at radius 3 is 2.82 bits per heavy atom. The standard InChI is InChI=1S/C25H24F3N3O6S/c1-34-18-7-4-14(9-19(18)36-23-3-2-8-35-23)15-10-22(33)31(12-15)13-21(32)30-24-29-17-6-5-16(11-20(17)38-24)37-25(26,27)28/h4-7,9,11,15,23H,2-3,8,10,12-13H2,1H3,(H,29,30,32)/t15-,23?/m1/s1. The molecule has 9 nitrogen and oxygen atoms in total. The van der Waals surface area contributed by atoms with Crippen LogP contribution in [0.1, 0.15) is 30.7 Å². The van der Waals surface area contributed by atoms with Crippen LogP contribution in [0.25, 0.3) is 10.2 Å². The van der Waals surface area contributed by atoms with Crippen LogP contribution in [0.2, 0.25) is 0 Å². The van der Waals surface area contributed by atoms with Crippen molar-refractivity contribution in [3.63, 3.8) is 0 Å². The monoisotopic (exact) mass is 551 g/mol. The smallest absolute Gasteiger partial charge is 0.493 e. The molecule has 2 atom stereocenters. The van der Waals surface area contributed by atoms with E-state index in [0.29, 0.717) is 34.9 Å². The van der Waals surface area contributed by atoms with Crippen LogP contribution < -0.4 is 19.5 Å². The second-order valence-corrected chi connectivity index (χ2v) is 9.92. The van der Waals surface area contributed by atoms with Crippen LogP contribution in [0.15, 0.2) is 36.4 Å². The number of nitrogens with one attached hydrogen (secondary N) is 1. The van der Waals surface area contributed by atoms with Gasteiger partial charge in [-0.05, 0) is 36.2 Å². The maximum atomic E-state index is 12.7. The van der Waals surface area contributed by atoms with Crippen LogP contribution in [0.5, 0.6) is 17.2 Å². The van der Waals surface area contributed by atoms with Crippen LogP contribution in [0.4, 0.5) is 18.3 Å². The Morgan fingerprint density at radius 2 is 2.08 bits per heavy atom. The van der Waals surface area contributed by atoms with E-state index in [-0.39, 0.29) is 42.0 Å². The third kappa shape index (κ3) is 6.10. The van der Waals surface area contributed by atoms with Gasteiger partial charge in [-0.2, -0.15) is 0 Å². The molecule has 2 aliphatic rings. The van der Waals surface area contributed by atoms with Crippen molar-refractivity contribution in [3.05, 3.63) is 42.0 Å². The Balaban J connectivity index is 1.21. The van der Waals surface area contributed by atoms with Gasteiger partial charge < -0.3 is 29.2 Å². The SMILES string of the molecule is COc1ccc([C@@H]2CC(=O)N(CC(=O)Nc3nc4ccc(OC(F)(F)F)cc4s3)C2)cc1OC1CCCO1. The average molecular weight is 552 g/mol. The number of carbonyl (C=O) groups is 2. The number of benzene rings is 2. The summed E-state index contributed by atoms with van der Waals surface area (Å²) < 4.78 is 58.7. The molecule has 202 valence electrons. The van der Waals surface area contributed by atoms with E-state index in [2.05, 4.69) is 15.0 Å². The highest BCUT2D eigenvalue weighted by molar-refractivity contribution is 7.22. The molecule has 13 heteroatoms. The number of alkyl halides is 3. The number of likely N-dealkylation sites (tertiary alicyclic amines) is 1. The molecule has 3 aromatic rings. The van der Waals surface area contributed by atoms with Gasteiger partial charge in [0.1, 0.15) is 5.75 Å². The average Bonchev–Trinajstić information content (AvgIpc) is 3.58. The van der Waals surface area contributed by atoms with Crippen molar-refractivity contribution in [1.82, 2.24) is 9.88 Å².